The summed E-state index contributed by atoms with van der Waals surface area (Å²) in [5.74, 6) is -2.71. The van der Waals surface area contributed by atoms with Crippen molar-refractivity contribution in [2.24, 2.45) is 11.5 Å². The summed E-state index contributed by atoms with van der Waals surface area (Å²) in [4.78, 5) is 34.3. The van der Waals surface area contributed by atoms with Gasteiger partial charge in [0.15, 0.2) is 0 Å². The minimum atomic E-state index is -1.23. The molecule has 19 heavy (non-hydrogen) atoms. The minimum absolute atomic E-state index is 0.0487. The molecule has 0 unspecified atom stereocenters. The van der Waals surface area contributed by atoms with Gasteiger partial charge >= 0.3 is 5.97 Å². The Bertz CT molecular complexity index is 513. The van der Waals surface area contributed by atoms with Gasteiger partial charge in [-0.3, -0.25) is 9.59 Å². The number of carboxylic acid groups (broad SMARTS) is 1. The number of carboxylic acids is 1. The molecule has 102 valence electrons. The van der Waals surface area contributed by atoms with Gasteiger partial charge in [0.1, 0.15) is 0 Å². The van der Waals surface area contributed by atoms with Crippen molar-refractivity contribution in [3.8, 4) is 0 Å². The van der Waals surface area contributed by atoms with Gasteiger partial charge in [0.05, 0.1) is 30.0 Å². The zero-order valence-corrected chi connectivity index (χ0v) is 10.00. The molecule has 0 aliphatic rings. The lowest BCUT2D eigenvalue weighted by molar-refractivity contribution is -0.117. The van der Waals surface area contributed by atoms with Crippen LogP contribution in [0.2, 0.25) is 0 Å². The maximum atomic E-state index is 11.1. The Labute approximate surface area is 108 Å². The second-order valence-electron chi connectivity index (χ2n) is 3.84. The van der Waals surface area contributed by atoms with Gasteiger partial charge in [-0.05, 0) is 12.1 Å². The van der Waals surface area contributed by atoms with E-state index in [0.717, 1.165) is 4.90 Å². The smallest absolute Gasteiger partial charge is 0.337 e. The van der Waals surface area contributed by atoms with Crippen LogP contribution in [0.25, 0.3) is 0 Å². The third-order valence-electron chi connectivity index (χ3n) is 2.31. The molecule has 8 nitrogen and oxygen atoms in total. The first-order valence-electron chi connectivity index (χ1n) is 5.26. The highest BCUT2D eigenvalue weighted by Gasteiger charge is 2.21. The van der Waals surface area contributed by atoms with Gasteiger partial charge in [-0.25, -0.2) is 4.79 Å². The summed E-state index contributed by atoms with van der Waals surface area (Å²) in [5.41, 5.74) is 15.9. The number of hydrogen-bond acceptors (Lipinski definition) is 5. The molecule has 8 heteroatoms. The molecular weight excluding hydrogens is 252 g/mol. The number of carbonyl (C=O) groups excluding carboxylic acids is 2. The highest BCUT2D eigenvalue weighted by atomic mass is 16.4. The molecule has 7 N–H and O–H groups in total. The number of anilines is 2. The average Bonchev–Trinajstić information content (AvgIpc) is 2.26. The van der Waals surface area contributed by atoms with Gasteiger partial charge in [-0.15, -0.1) is 0 Å². The summed E-state index contributed by atoms with van der Waals surface area (Å²) in [6.07, 6.45) is 0. The third kappa shape index (κ3) is 3.60. The molecule has 2 amide bonds. The van der Waals surface area contributed by atoms with Crippen LogP contribution in [-0.4, -0.2) is 36.0 Å². The predicted molar refractivity (Wildman–Crippen MR) is 68.4 cm³/mol. The summed E-state index contributed by atoms with van der Waals surface area (Å²) >= 11 is 0. The summed E-state index contributed by atoms with van der Waals surface area (Å²) in [5, 5.41) is 9.09. The van der Waals surface area contributed by atoms with Gasteiger partial charge in [0.25, 0.3) is 0 Å². The van der Waals surface area contributed by atoms with E-state index in [4.69, 9.17) is 22.3 Å². The number of rotatable bonds is 6. The molecule has 0 heterocycles. The molecule has 1 rings (SSSR count). The fraction of sp³-hybridized carbons (Fsp3) is 0.182. The molecule has 0 aromatic heterocycles. The van der Waals surface area contributed by atoms with E-state index in [1.54, 1.807) is 0 Å². The molecule has 0 radical (unpaired) electrons. The SMILES string of the molecule is NC(=O)CN(CC(N)=O)c1c(N)cccc1C(=O)O. The fourth-order valence-electron chi connectivity index (χ4n) is 1.68. The van der Waals surface area contributed by atoms with Crippen LogP contribution in [0.4, 0.5) is 11.4 Å². The zero-order valence-electron chi connectivity index (χ0n) is 10.00. The molecule has 0 saturated heterocycles. The van der Waals surface area contributed by atoms with Crippen LogP contribution in [0.3, 0.4) is 0 Å². The lowest BCUT2D eigenvalue weighted by atomic mass is 10.1. The van der Waals surface area contributed by atoms with Gasteiger partial charge in [0, 0.05) is 0 Å². The molecule has 0 spiro atoms. The van der Waals surface area contributed by atoms with Gasteiger partial charge in [-0.2, -0.15) is 0 Å². The Hall–Kier alpha value is -2.77. The average molecular weight is 266 g/mol. The number of amides is 2. The fourth-order valence-corrected chi connectivity index (χ4v) is 1.68. The van der Waals surface area contributed by atoms with E-state index in [-0.39, 0.29) is 30.0 Å². The second-order valence-corrected chi connectivity index (χ2v) is 3.84. The van der Waals surface area contributed by atoms with Crippen molar-refractivity contribution in [1.82, 2.24) is 0 Å². The quantitative estimate of drug-likeness (QED) is 0.471. The van der Waals surface area contributed by atoms with Crippen LogP contribution in [0.15, 0.2) is 18.2 Å². The number of nitrogens with zero attached hydrogens (tertiary/aromatic N) is 1. The molecule has 0 aliphatic carbocycles. The number of nitrogen functional groups attached to an aromatic ring is 1. The van der Waals surface area contributed by atoms with Crippen LogP contribution >= 0.6 is 0 Å². The Morgan fingerprint density at radius 2 is 1.63 bits per heavy atom. The van der Waals surface area contributed by atoms with Gasteiger partial charge in [0.2, 0.25) is 11.8 Å². The van der Waals surface area contributed by atoms with Crippen molar-refractivity contribution in [3.63, 3.8) is 0 Å². The van der Waals surface area contributed by atoms with Gasteiger partial charge < -0.3 is 27.2 Å². The molecule has 0 aliphatic heterocycles. The van der Waals surface area contributed by atoms with E-state index in [1.807, 2.05) is 0 Å². The van der Waals surface area contributed by atoms with E-state index in [2.05, 4.69) is 0 Å². The van der Waals surface area contributed by atoms with Crippen molar-refractivity contribution in [2.45, 2.75) is 0 Å². The summed E-state index contributed by atoms with van der Waals surface area (Å²) < 4.78 is 0. The lowest BCUT2D eigenvalue weighted by Gasteiger charge is -2.24. The molecule has 0 atom stereocenters. The minimum Gasteiger partial charge on any atom is -0.478 e. The third-order valence-corrected chi connectivity index (χ3v) is 2.31. The van der Waals surface area contributed by atoms with Crippen LogP contribution in [-0.2, 0) is 9.59 Å². The molecule has 1 aromatic rings. The van der Waals surface area contributed by atoms with Gasteiger partial charge in [-0.1, -0.05) is 6.07 Å². The highest BCUT2D eigenvalue weighted by molar-refractivity contribution is 6.00. The normalized spacial score (nSPS) is 9.89. The molecular formula is C11H14N4O4. The number of hydrogen-bond donors (Lipinski definition) is 4. The maximum absolute atomic E-state index is 11.1. The van der Waals surface area contributed by atoms with E-state index >= 15 is 0 Å². The summed E-state index contributed by atoms with van der Waals surface area (Å²) in [6.45, 7) is -0.727. The first kappa shape index (κ1) is 14.3. The van der Waals surface area contributed by atoms with Crippen molar-refractivity contribution in [1.29, 1.82) is 0 Å². The topological polar surface area (TPSA) is 153 Å². The van der Waals surface area contributed by atoms with E-state index in [0.29, 0.717) is 0 Å². The number of aromatic carboxylic acids is 1. The number of para-hydroxylation sites is 1. The number of benzene rings is 1. The van der Waals surface area contributed by atoms with Crippen LogP contribution in [0.5, 0.6) is 0 Å². The number of primary amides is 2. The van der Waals surface area contributed by atoms with E-state index in [9.17, 15) is 14.4 Å². The largest absolute Gasteiger partial charge is 0.478 e. The molecule has 1 aromatic carbocycles. The molecule has 0 bridgehead atoms. The Morgan fingerprint density at radius 1 is 1.11 bits per heavy atom. The number of carbonyl (C=O) groups is 3. The van der Waals surface area contributed by atoms with Crippen molar-refractivity contribution < 1.29 is 19.5 Å². The number of nitrogens with two attached hydrogens (primary N) is 3. The summed E-state index contributed by atoms with van der Waals surface area (Å²) in [7, 11) is 0. The first-order valence-corrected chi connectivity index (χ1v) is 5.26. The Morgan fingerprint density at radius 3 is 2.05 bits per heavy atom. The highest BCUT2D eigenvalue weighted by Crippen LogP contribution is 2.27. The Kier molecular flexibility index (Phi) is 4.30. The van der Waals surface area contributed by atoms with Crippen LogP contribution < -0.4 is 22.1 Å². The lowest BCUT2D eigenvalue weighted by Crippen LogP contribution is -2.40. The molecule has 0 fully saturated rings. The standard InChI is InChI=1S/C11H14N4O4/c12-7-3-1-2-6(11(18)19)10(7)15(4-8(13)16)5-9(14)17/h1-3H,4-5,12H2,(H2,13,16)(H2,14,17)(H,18,19). The maximum Gasteiger partial charge on any atom is 0.337 e. The summed E-state index contributed by atoms with van der Waals surface area (Å²) in [6, 6.07) is 4.22. The second kappa shape index (κ2) is 5.71. The predicted octanol–water partition coefficient (Wildman–Crippen LogP) is -1.26. The van der Waals surface area contributed by atoms with Crippen molar-refractivity contribution in [3.05, 3.63) is 23.8 Å². The van der Waals surface area contributed by atoms with Crippen LogP contribution in [0.1, 0.15) is 10.4 Å². The van der Waals surface area contributed by atoms with Crippen LogP contribution in [0, 0.1) is 0 Å². The zero-order chi connectivity index (χ0) is 14.6. The first-order chi connectivity index (χ1) is 8.82. The van der Waals surface area contributed by atoms with E-state index in [1.165, 1.54) is 18.2 Å². The van der Waals surface area contributed by atoms with E-state index < -0.39 is 17.8 Å². The van der Waals surface area contributed by atoms with Crippen molar-refractivity contribution in [2.75, 3.05) is 23.7 Å². The Balaban J connectivity index is 3.31. The monoisotopic (exact) mass is 266 g/mol. The van der Waals surface area contributed by atoms with Crippen molar-refractivity contribution >= 4 is 29.2 Å². The molecule has 0 saturated carbocycles.